The fourth-order valence-electron chi connectivity index (χ4n) is 6.19. The van der Waals surface area contributed by atoms with Crippen molar-refractivity contribution in [3.63, 3.8) is 0 Å². The zero-order chi connectivity index (χ0) is 24.8. The van der Waals surface area contributed by atoms with E-state index in [0.29, 0.717) is 12.1 Å². The molecule has 1 aliphatic heterocycles. The molecule has 0 amide bonds. The number of hydrogen-bond acceptors (Lipinski definition) is 1. The zero-order valence-corrected chi connectivity index (χ0v) is 22.1. The maximum absolute atomic E-state index is 2.60. The first kappa shape index (κ1) is 23.6. The first-order valence-electron chi connectivity index (χ1n) is 13.0. The van der Waals surface area contributed by atoms with Crippen LogP contribution in [-0.4, -0.2) is 28.9 Å². The Morgan fingerprint density at radius 1 is 0.629 bits per heavy atom. The smallest absolute Gasteiger partial charge is 0.235 e. The van der Waals surface area contributed by atoms with Crippen LogP contribution in [0.4, 0.5) is 0 Å². The van der Waals surface area contributed by atoms with Crippen LogP contribution >= 0.6 is 0 Å². The van der Waals surface area contributed by atoms with E-state index in [1.54, 1.807) is 0 Å². The van der Waals surface area contributed by atoms with E-state index < -0.39 is 0 Å². The van der Waals surface area contributed by atoms with E-state index in [-0.39, 0.29) is 10.8 Å². The second kappa shape index (κ2) is 8.82. The van der Waals surface area contributed by atoms with Gasteiger partial charge in [-0.05, 0) is 21.5 Å². The number of benzene rings is 4. The average molecular weight is 464 g/mol. The molecule has 2 nitrogen and oxygen atoms in total. The van der Waals surface area contributed by atoms with Gasteiger partial charge in [-0.2, -0.15) is 0 Å². The van der Waals surface area contributed by atoms with Crippen LogP contribution in [0.3, 0.4) is 0 Å². The third-order valence-corrected chi connectivity index (χ3v) is 7.45. The lowest BCUT2D eigenvalue weighted by Gasteiger charge is -2.34. The second-order valence-electron chi connectivity index (χ2n) is 12.3. The number of fused-ring (bicyclic) bond motifs is 2. The molecule has 5 rings (SSSR count). The second-order valence-corrected chi connectivity index (χ2v) is 12.3. The summed E-state index contributed by atoms with van der Waals surface area (Å²) in [6.45, 7) is 16.3. The molecular weight excluding hydrogens is 424 g/mol. The summed E-state index contributed by atoms with van der Waals surface area (Å²) < 4.78 is 2.60. The predicted molar refractivity (Wildman–Crippen MR) is 150 cm³/mol. The largest absolute Gasteiger partial charge is 0.257 e. The zero-order valence-electron chi connectivity index (χ0n) is 22.1. The molecule has 2 atom stereocenters. The highest BCUT2D eigenvalue weighted by molar-refractivity contribution is 5.87. The minimum atomic E-state index is 0.0906. The van der Waals surface area contributed by atoms with Crippen molar-refractivity contribution < 1.29 is 4.58 Å². The van der Waals surface area contributed by atoms with E-state index in [1.165, 1.54) is 32.7 Å². The topological polar surface area (TPSA) is 6.25 Å². The third-order valence-electron chi connectivity index (χ3n) is 7.45. The van der Waals surface area contributed by atoms with E-state index in [0.717, 1.165) is 13.1 Å². The Morgan fingerprint density at radius 2 is 1.14 bits per heavy atom. The van der Waals surface area contributed by atoms with Gasteiger partial charge < -0.3 is 0 Å². The van der Waals surface area contributed by atoms with Crippen molar-refractivity contribution in [3.05, 3.63) is 96.1 Å². The van der Waals surface area contributed by atoms with Gasteiger partial charge in [0.1, 0.15) is 25.2 Å². The summed E-state index contributed by atoms with van der Waals surface area (Å²) in [5, 5.41) is 5.36. The standard InChI is InChI=1S/C33H39N2/c1-32(2,3)30(28-19-11-15-24-13-7-9-17-26(24)28)34-21-22-35(23-34)31(33(4,5)6)29-20-12-16-25-14-8-10-18-27(25)29/h7-20,23,30-31H,21-22H2,1-6H3/q+1/t30-,31+. The average Bonchev–Trinajstić information content (AvgIpc) is 3.26. The van der Waals surface area contributed by atoms with Crippen molar-refractivity contribution in [1.82, 2.24) is 4.90 Å². The molecule has 2 heteroatoms. The lowest BCUT2D eigenvalue weighted by atomic mass is 9.80. The van der Waals surface area contributed by atoms with Crippen molar-refractivity contribution in [2.45, 2.75) is 53.6 Å². The van der Waals surface area contributed by atoms with Crippen molar-refractivity contribution in [1.29, 1.82) is 0 Å². The molecule has 0 fully saturated rings. The molecule has 1 aliphatic rings. The molecule has 4 aromatic rings. The van der Waals surface area contributed by atoms with E-state index in [2.05, 4.69) is 142 Å². The summed E-state index contributed by atoms with van der Waals surface area (Å²) in [6, 6.07) is 31.8. The van der Waals surface area contributed by atoms with Gasteiger partial charge in [0.15, 0.2) is 0 Å². The van der Waals surface area contributed by atoms with Crippen LogP contribution in [0.25, 0.3) is 21.5 Å². The summed E-state index contributed by atoms with van der Waals surface area (Å²) in [5.74, 6) is 0. The van der Waals surface area contributed by atoms with Crippen LogP contribution in [0.5, 0.6) is 0 Å². The van der Waals surface area contributed by atoms with E-state index in [4.69, 9.17) is 0 Å². The number of hydrogen-bond donors (Lipinski definition) is 0. The Labute approximate surface area is 210 Å². The summed E-state index contributed by atoms with van der Waals surface area (Å²) >= 11 is 0. The normalized spacial score (nSPS) is 16.5. The van der Waals surface area contributed by atoms with Crippen LogP contribution in [0, 0.1) is 10.8 Å². The van der Waals surface area contributed by atoms with Gasteiger partial charge in [-0.3, -0.25) is 9.48 Å². The SMILES string of the molecule is CC(C)(C)[C@H](c1cccc2ccccc12)[N+]1=CN([C@H](c2cccc3ccccc23)C(C)(C)C)CC1. The molecule has 4 aromatic carbocycles. The molecule has 0 unspecified atom stereocenters. The minimum Gasteiger partial charge on any atom is -0.257 e. The van der Waals surface area contributed by atoms with Crippen LogP contribution in [0.2, 0.25) is 0 Å². The minimum absolute atomic E-state index is 0.0906. The number of nitrogens with zero attached hydrogens (tertiary/aromatic N) is 2. The molecule has 0 aliphatic carbocycles. The molecule has 0 aromatic heterocycles. The lowest BCUT2D eigenvalue weighted by Crippen LogP contribution is -2.35. The van der Waals surface area contributed by atoms with Gasteiger partial charge in [0.05, 0.1) is 0 Å². The summed E-state index contributed by atoms with van der Waals surface area (Å²) in [5.41, 5.74) is 3.03. The van der Waals surface area contributed by atoms with Crippen molar-refractivity contribution >= 4 is 27.9 Å². The van der Waals surface area contributed by atoms with Gasteiger partial charge in [-0.15, -0.1) is 0 Å². The Kier molecular flexibility index (Phi) is 5.95. The Morgan fingerprint density at radius 3 is 1.71 bits per heavy atom. The van der Waals surface area contributed by atoms with Gasteiger partial charge in [-0.1, -0.05) is 126 Å². The third kappa shape index (κ3) is 4.47. The lowest BCUT2D eigenvalue weighted by molar-refractivity contribution is -0.576. The maximum atomic E-state index is 2.60. The first-order valence-corrected chi connectivity index (χ1v) is 13.0. The molecule has 180 valence electrons. The fraction of sp³-hybridized carbons (Fsp3) is 0.364. The molecule has 0 spiro atoms. The van der Waals surface area contributed by atoms with Crippen molar-refractivity contribution in [3.8, 4) is 0 Å². The van der Waals surface area contributed by atoms with Gasteiger partial charge in [0.2, 0.25) is 6.34 Å². The van der Waals surface area contributed by atoms with Gasteiger partial charge in [0.25, 0.3) is 0 Å². The molecule has 0 bridgehead atoms. The van der Waals surface area contributed by atoms with E-state index >= 15 is 0 Å². The van der Waals surface area contributed by atoms with Crippen LogP contribution < -0.4 is 0 Å². The molecule has 35 heavy (non-hydrogen) atoms. The highest BCUT2D eigenvalue weighted by Gasteiger charge is 2.42. The Balaban J connectivity index is 1.62. The summed E-state index contributed by atoms with van der Waals surface area (Å²) in [7, 11) is 0. The molecule has 1 heterocycles. The Bertz CT molecular complexity index is 1370. The van der Waals surface area contributed by atoms with Gasteiger partial charge in [-0.25, -0.2) is 0 Å². The van der Waals surface area contributed by atoms with Crippen LogP contribution in [0.1, 0.15) is 64.8 Å². The molecule has 0 N–H and O–H groups in total. The monoisotopic (exact) mass is 463 g/mol. The van der Waals surface area contributed by atoms with Gasteiger partial charge in [0, 0.05) is 22.0 Å². The highest BCUT2D eigenvalue weighted by atomic mass is 15.3. The fourth-order valence-corrected chi connectivity index (χ4v) is 6.19. The summed E-state index contributed by atoms with van der Waals surface area (Å²) in [4.78, 5) is 2.60. The molecule has 0 saturated heterocycles. The van der Waals surface area contributed by atoms with Gasteiger partial charge >= 0.3 is 0 Å². The van der Waals surface area contributed by atoms with Crippen molar-refractivity contribution in [2.75, 3.05) is 13.1 Å². The molecule has 0 saturated carbocycles. The van der Waals surface area contributed by atoms with Crippen LogP contribution in [0.15, 0.2) is 84.9 Å². The van der Waals surface area contributed by atoms with Crippen molar-refractivity contribution in [2.24, 2.45) is 10.8 Å². The summed E-state index contributed by atoms with van der Waals surface area (Å²) in [6.07, 6.45) is 2.44. The molecule has 0 radical (unpaired) electrons. The quantitative estimate of drug-likeness (QED) is 0.276. The van der Waals surface area contributed by atoms with E-state index in [1.807, 2.05) is 0 Å². The first-order chi connectivity index (χ1) is 16.6. The maximum Gasteiger partial charge on any atom is 0.235 e. The predicted octanol–water partition coefficient (Wildman–Crippen LogP) is 8.22. The van der Waals surface area contributed by atoms with E-state index in [9.17, 15) is 0 Å². The molecular formula is C33H39N2+. The Hall–Kier alpha value is -3.13. The number of rotatable bonds is 4. The van der Waals surface area contributed by atoms with Crippen LogP contribution in [-0.2, 0) is 0 Å². The highest BCUT2D eigenvalue weighted by Crippen LogP contribution is 2.43.